The van der Waals surface area contributed by atoms with Crippen molar-refractivity contribution in [2.45, 2.75) is 31.7 Å². The Labute approximate surface area is 148 Å². The van der Waals surface area contributed by atoms with Gasteiger partial charge in [-0.25, -0.2) is 4.90 Å². The molecule has 1 unspecified atom stereocenters. The highest BCUT2D eigenvalue weighted by Gasteiger charge is 2.36. The van der Waals surface area contributed by atoms with E-state index in [1.54, 1.807) is 12.1 Å². The fraction of sp³-hybridized carbons (Fsp3) is 0.278. The molecule has 1 N–H and O–H groups in total. The quantitative estimate of drug-likeness (QED) is 0.766. The van der Waals surface area contributed by atoms with Crippen LogP contribution in [0.5, 0.6) is 0 Å². The molecule has 1 aromatic rings. The molecule has 134 valence electrons. The van der Waals surface area contributed by atoms with Gasteiger partial charge in [-0.1, -0.05) is 12.1 Å². The average Bonchev–Trinajstić information content (AvgIpc) is 3.11. The smallest absolute Gasteiger partial charge is 0.303 e. The molecule has 2 heterocycles. The molecular weight excluding hydrogens is 340 g/mol. The minimum atomic E-state index is -1.02. The molecule has 4 amide bonds. The molecule has 1 saturated heterocycles. The number of imide groups is 2. The molecule has 0 aliphatic carbocycles. The van der Waals surface area contributed by atoms with Gasteiger partial charge in [-0.2, -0.15) is 0 Å². The number of likely N-dealkylation sites (tertiary alicyclic amines) is 1. The van der Waals surface area contributed by atoms with Crippen molar-refractivity contribution in [2.24, 2.45) is 0 Å². The number of amides is 4. The van der Waals surface area contributed by atoms with Gasteiger partial charge in [0.1, 0.15) is 0 Å². The van der Waals surface area contributed by atoms with Gasteiger partial charge < -0.3 is 5.11 Å². The lowest BCUT2D eigenvalue weighted by molar-refractivity contribution is -0.144. The Morgan fingerprint density at radius 3 is 2.00 bits per heavy atom. The number of nitrogens with zero attached hydrogens (tertiary/aromatic N) is 2. The summed E-state index contributed by atoms with van der Waals surface area (Å²) in [5, 5.41) is 8.95. The number of benzene rings is 1. The highest BCUT2D eigenvalue weighted by molar-refractivity contribution is 6.28. The second-order valence-corrected chi connectivity index (χ2v) is 6.04. The molecule has 26 heavy (non-hydrogen) atoms. The highest BCUT2D eigenvalue weighted by Crippen LogP contribution is 2.32. The fourth-order valence-corrected chi connectivity index (χ4v) is 3.15. The van der Waals surface area contributed by atoms with Gasteiger partial charge in [0.05, 0.1) is 11.7 Å². The van der Waals surface area contributed by atoms with Crippen LogP contribution >= 0.6 is 0 Å². The molecule has 1 atom stereocenters. The van der Waals surface area contributed by atoms with Crippen molar-refractivity contribution in [3.8, 4) is 0 Å². The minimum Gasteiger partial charge on any atom is -0.481 e. The van der Waals surface area contributed by atoms with E-state index in [0.717, 1.165) is 9.80 Å². The summed E-state index contributed by atoms with van der Waals surface area (Å²) in [6.45, 7) is 0. The molecule has 2 aliphatic rings. The largest absolute Gasteiger partial charge is 0.481 e. The number of rotatable bonds is 6. The molecule has 1 fully saturated rings. The van der Waals surface area contributed by atoms with Crippen molar-refractivity contribution in [3.05, 3.63) is 42.0 Å². The van der Waals surface area contributed by atoms with E-state index >= 15 is 0 Å². The maximum absolute atomic E-state index is 12.1. The van der Waals surface area contributed by atoms with Gasteiger partial charge in [0.15, 0.2) is 0 Å². The Hall–Kier alpha value is -3.29. The Kier molecular flexibility index (Phi) is 4.66. The van der Waals surface area contributed by atoms with Crippen molar-refractivity contribution in [2.75, 3.05) is 4.90 Å². The van der Waals surface area contributed by atoms with Crippen LogP contribution in [0.25, 0.3) is 0 Å². The van der Waals surface area contributed by atoms with Gasteiger partial charge in [0.25, 0.3) is 11.8 Å². The molecule has 2 aliphatic heterocycles. The van der Waals surface area contributed by atoms with Crippen LogP contribution < -0.4 is 4.90 Å². The first kappa shape index (κ1) is 17.5. The van der Waals surface area contributed by atoms with Crippen molar-refractivity contribution >= 4 is 35.3 Å². The zero-order valence-electron chi connectivity index (χ0n) is 13.8. The summed E-state index contributed by atoms with van der Waals surface area (Å²) in [7, 11) is 0. The normalized spacial score (nSPS) is 18.2. The number of carboxylic acid groups (broad SMARTS) is 1. The zero-order valence-corrected chi connectivity index (χ0v) is 13.8. The first-order chi connectivity index (χ1) is 12.4. The fourth-order valence-electron chi connectivity index (χ4n) is 3.15. The number of anilines is 1. The molecule has 0 radical (unpaired) electrons. The lowest BCUT2D eigenvalue weighted by atomic mass is 10.00. The van der Waals surface area contributed by atoms with Crippen molar-refractivity contribution < 1.29 is 29.1 Å². The Morgan fingerprint density at radius 2 is 1.50 bits per heavy atom. The van der Waals surface area contributed by atoms with Crippen LogP contribution in [0.2, 0.25) is 0 Å². The van der Waals surface area contributed by atoms with Crippen LogP contribution in [0.4, 0.5) is 5.69 Å². The van der Waals surface area contributed by atoms with Crippen LogP contribution in [0, 0.1) is 0 Å². The van der Waals surface area contributed by atoms with Crippen LogP contribution in [0.1, 0.15) is 37.3 Å². The van der Waals surface area contributed by atoms with E-state index in [2.05, 4.69) is 0 Å². The van der Waals surface area contributed by atoms with Crippen LogP contribution in [0.15, 0.2) is 36.4 Å². The minimum absolute atomic E-state index is 0.0926. The first-order valence-electron chi connectivity index (χ1n) is 8.11. The Bertz CT molecular complexity index is 793. The summed E-state index contributed by atoms with van der Waals surface area (Å²) in [6.07, 6.45) is 2.47. The molecule has 3 rings (SSSR count). The van der Waals surface area contributed by atoms with Crippen LogP contribution in [-0.4, -0.2) is 39.6 Å². The maximum Gasteiger partial charge on any atom is 0.303 e. The SMILES string of the molecule is O=C(O)CCC(c1ccc(N2C(=O)C=CC2=O)cc1)N1C(=O)CCC1=O. The third kappa shape index (κ3) is 3.26. The average molecular weight is 356 g/mol. The molecule has 8 heteroatoms. The molecule has 0 saturated carbocycles. The van der Waals surface area contributed by atoms with E-state index in [9.17, 15) is 24.0 Å². The number of aliphatic carboxylic acids is 1. The van der Waals surface area contributed by atoms with Crippen LogP contribution in [-0.2, 0) is 24.0 Å². The number of hydrogen-bond donors (Lipinski definition) is 1. The topological polar surface area (TPSA) is 112 Å². The first-order valence-corrected chi connectivity index (χ1v) is 8.11. The van der Waals surface area contributed by atoms with E-state index in [0.29, 0.717) is 11.3 Å². The second-order valence-electron chi connectivity index (χ2n) is 6.04. The number of hydrogen-bond acceptors (Lipinski definition) is 5. The van der Waals surface area contributed by atoms with Gasteiger partial charge in [-0.3, -0.25) is 28.9 Å². The van der Waals surface area contributed by atoms with E-state index in [4.69, 9.17) is 5.11 Å². The predicted molar refractivity (Wildman–Crippen MR) is 88.8 cm³/mol. The molecule has 8 nitrogen and oxygen atoms in total. The van der Waals surface area contributed by atoms with E-state index < -0.39 is 23.8 Å². The predicted octanol–water partition coefficient (Wildman–Crippen LogP) is 1.17. The summed E-state index contributed by atoms with van der Waals surface area (Å²) in [5.74, 6) is -2.58. The molecule has 0 spiro atoms. The number of carbonyl (C=O) groups excluding carboxylic acids is 4. The van der Waals surface area contributed by atoms with Gasteiger partial charge in [0, 0.05) is 31.4 Å². The standard InChI is InChI=1S/C18H16N2O6/c21-14-6-7-15(22)19(14)12-3-1-11(2-4-12)13(5-10-18(25)26)20-16(23)8-9-17(20)24/h1-4,6-7,13H,5,8-10H2,(H,25,26). The van der Waals surface area contributed by atoms with E-state index in [-0.39, 0.29) is 37.5 Å². The maximum atomic E-state index is 12.1. The van der Waals surface area contributed by atoms with Crippen molar-refractivity contribution in [1.29, 1.82) is 0 Å². The molecule has 0 bridgehead atoms. The number of carboxylic acids is 1. The molecular formula is C18H16N2O6. The van der Waals surface area contributed by atoms with Gasteiger partial charge in [-0.15, -0.1) is 0 Å². The lowest BCUT2D eigenvalue weighted by Gasteiger charge is -2.26. The van der Waals surface area contributed by atoms with Crippen LogP contribution in [0.3, 0.4) is 0 Å². The number of carbonyl (C=O) groups is 5. The molecule has 0 aromatic heterocycles. The Balaban J connectivity index is 1.88. The third-order valence-corrected chi connectivity index (χ3v) is 4.38. The third-order valence-electron chi connectivity index (χ3n) is 4.38. The second kappa shape index (κ2) is 6.91. The summed E-state index contributed by atoms with van der Waals surface area (Å²) >= 11 is 0. The highest BCUT2D eigenvalue weighted by atomic mass is 16.4. The van der Waals surface area contributed by atoms with Gasteiger partial charge in [0.2, 0.25) is 11.8 Å². The summed E-state index contributed by atoms with van der Waals surface area (Å²) < 4.78 is 0. The summed E-state index contributed by atoms with van der Waals surface area (Å²) in [5.41, 5.74) is 0.940. The van der Waals surface area contributed by atoms with Gasteiger partial charge in [-0.05, 0) is 24.1 Å². The van der Waals surface area contributed by atoms with E-state index in [1.807, 2.05) is 0 Å². The zero-order chi connectivity index (χ0) is 18.8. The van der Waals surface area contributed by atoms with Crippen molar-refractivity contribution in [3.63, 3.8) is 0 Å². The van der Waals surface area contributed by atoms with Gasteiger partial charge >= 0.3 is 5.97 Å². The Morgan fingerprint density at radius 1 is 0.962 bits per heavy atom. The van der Waals surface area contributed by atoms with Crippen molar-refractivity contribution in [1.82, 2.24) is 4.90 Å². The summed E-state index contributed by atoms with van der Waals surface area (Å²) in [4.78, 5) is 60.6. The molecule has 1 aromatic carbocycles. The summed E-state index contributed by atoms with van der Waals surface area (Å²) in [6, 6.07) is 5.58. The van der Waals surface area contributed by atoms with E-state index in [1.165, 1.54) is 24.3 Å². The lowest BCUT2D eigenvalue weighted by Crippen LogP contribution is -2.34. The monoisotopic (exact) mass is 356 g/mol.